The molecular weight excluding hydrogens is 532 g/mol. The topological polar surface area (TPSA) is 46.0 Å². The standard InChI is InChI=1S/C38H36N2OS/c1-37(2,3)30-23-31(38(4,5)6)28(32-16-10-11-20-39-32)22-27(30)26-15-12-17-34-35(26)40-36(42-34)29-21-25(18-19-33(29)41)24-13-8-7-9-14-24/h7-23,41H,1-6H3. The van der Waals surface area contributed by atoms with Gasteiger partial charge in [-0.15, -0.1) is 11.3 Å². The van der Waals surface area contributed by atoms with Crippen LogP contribution in [0.5, 0.6) is 5.75 Å². The van der Waals surface area contributed by atoms with Crippen LogP contribution in [-0.2, 0) is 10.8 Å². The first kappa shape index (κ1) is 27.9. The quantitative estimate of drug-likeness (QED) is 0.230. The third-order valence-corrected chi connectivity index (χ3v) is 8.81. The minimum Gasteiger partial charge on any atom is -0.507 e. The van der Waals surface area contributed by atoms with Crippen LogP contribution in [-0.4, -0.2) is 15.1 Å². The second kappa shape index (κ2) is 10.5. The zero-order valence-corrected chi connectivity index (χ0v) is 25.9. The number of nitrogens with zero attached hydrogens (tertiary/aromatic N) is 2. The van der Waals surface area contributed by atoms with Gasteiger partial charge in [-0.05, 0) is 75.0 Å². The van der Waals surface area contributed by atoms with Gasteiger partial charge in [-0.2, -0.15) is 0 Å². The van der Waals surface area contributed by atoms with Crippen LogP contribution in [0.25, 0.3) is 54.3 Å². The molecule has 42 heavy (non-hydrogen) atoms. The molecule has 0 bridgehead atoms. The molecule has 0 aliphatic carbocycles. The third-order valence-electron chi connectivity index (χ3n) is 7.76. The smallest absolute Gasteiger partial charge is 0.128 e. The van der Waals surface area contributed by atoms with Crippen molar-refractivity contribution in [2.45, 2.75) is 52.4 Å². The number of phenols is 1. The number of phenolic OH excluding ortho intramolecular Hbond substituents is 1. The number of hydrogen-bond donors (Lipinski definition) is 1. The number of rotatable bonds is 4. The van der Waals surface area contributed by atoms with Crippen molar-refractivity contribution in [2.24, 2.45) is 0 Å². The minimum atomic E-state index is -0.0960. The molecule has 0 unspecified atom stereocenters. The Morgan fingerprint density at radius 3 is 2.00 bits per heavy atom. The molecular formula is C38H36N2OS. The highest BCUT2D eigenvalue weighted by molar-refractivity contribution is 7.21. The van der Waals surface area contributed by atoms with Crippen LogP contribution in [0, 0.1) is 0 Å². The summed E-state index contributed by atoms with van der Waals surface area (Å²) in [5, 5.41) is 11.7. The zero-order valence-electron chi connectivity index (χ0n) is 25.1. The van der Waals surface area contributed by atoms with Gasteiger partial charge in [0.15, 0.2) is 0 Å². The number of aromatic nitrogens is 2. The van der Waals surface area contributed by atoms with Gasteiger partial charge >= 0.3 is 0 Å². The van der Waals surface area contributed by atoms with Crippen molar-refractivity contribution in [3.05, 3.63) is 114 Å². The molecule has 0 radical (unpaired) electrons. The lowest BCUT2D eigenvalue weighted by atomic mass is 9.74. The lowest BCUT2D eigenvalue weighted by molar-refractivity contribution is 0.477. The van der Waals surface area contributed by atoms with Gasteiger partial charge in [0.05, 0.1) is 21.5 Å². The molecule has 4 aromatic carbocycles. The van der Waals surface area contributed by atoms with Crippen molar-refractivity contribution in [3.63, 3.8) is 0 Å². The third kappa shape index (κ3) is 5.23. The van der Waals surface area contributed by atoms with Gasteiger partial charge < -0.3 is 5.11 Å². The molecule has 2 aromatic heterocycles. The van der Waals surface area contributed by atoms with Crippen LogP contribution in [0.4, 0.5) is 0 Å². The van der Waals surface area contributed by atoms with E-state index in [2.05, 4.69) is 96.1 Å². The number of benzene rings is 4. The van der Waals surface area contributed by atoms with Crippen molar-refractivity contribution in [1.82, 2.24) is 9.97 Å². The number of fused-ring (bicyclic) bond motifs is 1. The van der Waals surface area contributed by atoms with Crippen LogP contribution in [0.2, 0.25) is 0 Å². The number of thiazole rings is 1. The number of aromatic hydroxyl groups is 1. The van der Waals surface area contributed by atoms with Gasteiger partial charge in [0, 0.05) is 17.3 Å². The maximum Gasteiger partial charge on any atom is 0.128 e. The van der Waals surface area contributed by atoms with Crippen LogP contribution >= 0.6 is 11.3 Å². The molecule has 3 nitrogen and oxygen atoms in total. The van der Waals surface area contributed by atoms with E-state index < -0.39 is 0 Å². The van der Waals surface area contributed by atoms with E-state index in [9.17, 15) is 5.11 Å². The summed E-state index contributed by atoms with van der Waals surface area (Å²) in [6, 6.07) is 33.2. The molecule has 0 spiro atoms. The fourth-order valence-electron chi connectivity index (χ4n) is 5.60. The molecule has 0 atom stereocenters. The van der Waals surface area contributed by atoms with Gasteiger partial charge in [0.1, 0.15) is 10.8 Å². The fourth-order valence-corrected chi connectivity index (χ4v) is 6.61. The fraction of sp³-hybridized carbons (Fsp3) is 0.211. The monoisotopic (exact) mass is 568 g/mol. The Hall–Kier alpha value is -4.28. The predicted molar refractivity (Wildman–Crippen MR) is 178 cm³/mol. The normalized spacial score (nSPS) is 12.1. The van der Waals surface area contributed by atoms with Gasteiger partial charge in [-0.1, -0.05) is 102 Å². The zero-order chi connectivity index (χ0) is 29.6. The number of hydrogen-bond acceptors (Lipinski definition) is 4. The summed E-state index contributed by atoms with van der Waals surface area (Å²) in [7, 11) is 0. The second-order valence-corrected chi connectivity index (χ2v) is 14.0. The Balaban J connectivity index is 1.58. The average Bonchev–Trinajstić information content (AvgIpc) is 3.41. The molecule has 0 saturated heterocycles. The van der Waals surface area contributed by atoms with Crippen molar-refractivity contribution in [3.8, 4) is 49.8 Å². The van der Waals surface area contributed by atoms with E-state index in [-0.39, 0.29) is 16.6 Å². The molecule has 2 heterocycles. The van der Waals surface area contributed by atoms with Crippen molar-refractivity contribution in [2.75, 3.05) is 0 Å². The summed E-state index contributed by atoms with van der Waals surface area (Å²) in [6.45, 7) is 13.6. The first-order valence-electron chi connectivity index (χ1n) is 14.4. The molecule has 0 aliphatic heterocycles. The Morgan fingerprint density at radius 2 is 1.31 bits per heavy atom. The summed E-state index contributed by atoms with van der Waals surface area (Å²) >= 11 is 1.62. The van der Waals surface area contributed by atoms with Crippen LogP contribution < -0.4 is 0 Å². The van der Waals surface area contributed by atoms with Crippen molar-refractivity contribution < 1.29 is 5.11 Å². The summed E-state index contributed by atoms with van der Waals surface area (Å²) in [4.78, 5) is 9.95. The number of para-hydroxylation sites is 1. The summed E-state index contributed by atoms with van der Waals surface area (Å²) in [5.41, 5.74) is 10.6. The molecule has 6 aromatic rings. The van der Waals surface area contributed by atoms with Crippen molar-refractivity contribution >= 4 is 21.6 Å². The molecule has 0 amide bonds. The Bertz CT molecular complexity index is 1890. The molecule has 0 saturated carbocycles. The number of pyridine rings is 1. The van der Waals surface area contributed by atoms with E-state index >= 15 is 0 Å². The van der Waals surface area contributed by atoms with Crippen LogP contribution in [0.15, 0.2) is 103 Å². The van der Waals surface area contributed by atoms with Gasteiger partial charge in [0.2, 0.25) is 0 Å². The molecule has 0 aliphatic rings. The lowest BCUT2D eigenvalue weighted by Crippen LogP contribution is -2.19. The van der Waals surface area contributed by atoms with E-state index in [1.807, 2.05) is 42.6 Å². The van der Waals surface area contributed by atoms with E-state index in [0.717, 1.165) is 48.7 Å². The van der Waals surface area contributed by atoms with E-state index in [4.69, 9.17) is 9.97 Å². The van der Waals surface area contributed by atoms with E-state index in [1.165, 1.54) is 16.7 Å². The SMILES string of the molecule is CC(C)(C)c1cc(C(C)(C)C)c(-c2cccc3sc(-c4cc(-c5ccccc5)ccc4O)nc23)cc1-c1ccccn1. The average molecular weight is 569 g/mol. The molecule has 1 N–H and O–H groups in total. The highest BCUT2D eigenvalue weighted by Crippen LogP contribution is 2.45. The maximum absolute atomic E-state index is 10.9. The summed E-state index contributed by atoms with van der Waals surface area (Å²) in [6.07, 6.45) is 1.86. The lowest BCUT2D eigenvalue weighted by Gasteiger charge is -2.30. The predicted octanol–water partition coefficient (Wildman–Crippen LogP) is 10.7. The van der Waals surface area contributed by atoms with Gasteiger partial charge in [-0.3, -0.25) is 4.98 Å². The highest BCUT2D eigenvalue weighted by atomic mass is 32.1. The molecule has 210 valence electrons. The van der Waals surface area contributed by atoms with Gasteiger partial charge in [-0.25, -0.2) is 4.98 Å². The first-order valence-corrected chi connectivity index (χ1v) is 15.2. The molecule has 6 rings (SSSR count). The summed E-state index contributed by atoms with van der Waals surface area (Å²) in [5.74, 6) is 0.234. The highest BCUT2D eigenvalue weighted by Gasteiger charge is 2.28. The van der Waals surface area contributed by atoms with Crippen LogP contribution in [0.3, 0.4) is 0 Å². The van der Waals surface area contributed by atoms with Crippen molar-refractivity contribution in [1.29, 1.82) is 0 Å². The summed E-state index contributed by atoms with van der Waals surface area (Å²) < 4.78 is 1.09. The Morgan fingerprint density at radius 1 is 0.595 bits per heavy atom. The maximum atomic E-state index is 10.9. The Kier molecular flexibility index (Phi) is 6.98. The second-order valence-electron chi connectivity index (χ2n) is 12.9. The van der Waals surface area contributed by atoms with E-state index in [1.54, 1.807) is 17.4 Å². The Labute approximate surface area is 252 Å². The minimum absolute atomic E-state index is 0.0630. The largest absolute Gasteiger partial charge is 0.507 e. The van der Waals surface area contributed by atoms with E-state index in [0.29, 0.717) is 0 Å². The molecule has 0 fully saturated rings. The van der Waals surface area contributed by atoms with Gasteiger partial charge in [0.25, 0.3) is 0 Å². The van der Waals surface area contributed by atoms with Crippen LogP contribution in [0.1, 0.15) is 52.7 Å². The molecule has 4 heteroatoms. The first-order chi connectivity index (χ1) is 20.0.